The zero-order valence-corrected chi connectivity index (χ0v) is 19.9. The summed E-state index contributed by atoms with van der Waals surface area (Å²) < 4.78 is 36.3. The maximum atomic E-state index is 13.2. The van der Waals surface area contributed by atoms with Crippen LogP contribution in [0.25, 0.3) is 0 Å². The summed E-state index contributed by atoms with van der Waals surface area (Å²) in [5.74, 6) is -2.25. The highest BCUT2D eigenvalue weighted by atomic mass is 19.2. The minimum absolute atomic E-state index is 0.0115. The Labute approximate surface area is 199 Å². The number of hydrogen-bond acceptors (Lipinski definition) is 7. The number of amides is 1. The number of anilines is 1. The summed E-state index contributed by atoms with van der Waals surface area (Å²) in [4.78, 5) is 24.4. The Morgan fingerprint density at radius 2 is 2.03 bits per heavy atom. The van der Waals surface area contributed by atoms with E-state index in [-0.39, 0.29) is 23.7 Å². The zero-order valence-electron chi connectivity index (χ0n) is 19.9. The standard InChI is InChI=1S/C11H13F2NO.C7H9N3O.C6H12O2/c12-9-2-1-3-10(11(9)13)15-8-4-6-14-7-5-8;1-9-5-2-3-10-6(4-5)7(8)11;1-3-4-6(5-7)8-2/h1-3,8,14H,4-7H2;2-4H,1H3,(H2,8,11)(H,9,10);5-6H,3-4H2,1-2H3. The molecule has 0 bridgehead atoms. The van der Waals surface area contributed by atoms with Crippen LogP contribution in [0, 0.1) is 11.6 Å². The van der Waals surface area contributed by atoms with Crippen molar-refractivity contribution in [3.63, 3.8) is 0 Å². The lowest BCUT2D eigenvalue weighted by molar-refractivity contribution is -0.116. The molecule has 10 heteroatoms. The molecule has 4 N–H and O–H groups in total. The monoisotopic (exact) mass is 480 g/mol. The second-order valence-electron chi connectivity index (χ2n) is 7.36. The van der Waals surface area contributed by atoms with E-state index < -0.39 is 17.5 Å². The first kappa shape index (κ1) is 28.9. The van der Waals surface area contributed by atoms with Crippen LogP contribution in [0.4, 0.5) is 14.5 Å². The SMILES string of the molecule is CCCC(C=O)OC.CNc1ccnc(C(N)=O)c1.Fc1cccc(OC2CCNCC2)c1F. The van der Waals surface area contributed by atoms with Gasteiger partial charge in [-0.2, -0.15) is 4.39 Å². The first-order valence-corrected chi connectivity index (χ1v) is 11.1. The Morgan fingerprint density at radius 1 is 1.32 bits per heavy atom. The molecule has 0 spiro atoms. The number of benzene rings is 1. The summed E-state index contributed by atoms with van der Waals surface area (Å²) in [5, 5.41) is 6.05. The molecule has 0 aliphatic carbocycles. The third-order valence-corrected chi connectivity index (χ3v) is 4.82. The Kier molecular flexibility index (Phi) is 14.0. The van der Waals surface area contributed by atoms with Gasteiger partial charge in [-0.15, -0.1) is 0 Å². The van der Waals surface area contributed by atoms with Gasteiger partial charge in [-0.3, -0.25) is 9.78 Å². The summed E-state index contributed by atoms with van der Waals surface area (Å²) in [7, 11) is 3.31. The second-order valence-corrected chi connectivity index (χ2v) is 7.36. The van der Waals surface area contributed by atoms with Crippen LogP contribution in [-0.2, 0) is 9.53 Å². The van der Waals surface area contributed by atoms with Crippen LogP contribution >= 0.6 is 0 Å². The number of piperidine rings is 1. The summed E-state index contributed by atoms with van der Waals surface area (Å²) in [5.41, 5.74) is 6.11. The third kappa shape index (κ3) is 10.7. The molecule has 1 amide bonds. The number of nitrogens with one attached hydrogen (secondary N) is 2. The Bertz CT molecular complexity index is 880. The van der Waals surface area contributed by atoms with Gasteiger partial charge in [0.15, 0.2) is 11.6 Å². The van der Waals surface area contributed by atoms with Gasteiger partial charge in [0.25, 0.3) is 5.91 Å². The highest BCUT2D eigenvalue weighted by Gasteiger charge is 2.17. The van der Waals surface area contributed by atoms with Crippen molar-refractivity contribution in [3.05, 3.63) is 53.9 Å². The van der Waals surface area contributed by atoms with Crippen molar-refractivity contribution in [2.75, 3.05) is 32.6 Å². The largest absolute Gasteiger partial charge is 0.487 e. The molecule has 1 aliphatic heterocycles. The Morgan fingerprint density at radius 3 is 2.56 bits per heavy atom. The molecule has 3 rings (SSSR count). The summed E-state index contributed by atoms with van der Waals surface area (Å²) in [6.45, 7) is 3.75. The number of ether oxygens (including phenoxy) is 2. The highest BCUT2D eigenvalue weighted by molar-refractivity contribution is 5.91. The normalized spacial score (nSPS) is 13.9. The number of halogens is 2. The molecular formula is C24H34F2N4O4. The van der Waals surface area contributed by atoms with Crippen LogP contribution in [-0.4, -0.2) is 56.6 Å². The van der Waals surface area contributed by atoms with Gasteiger partial charge >= 0.3 is 0 Å². The number of nitrogens with two attached hydrogens (primary N) is 1. The lowest BCUT2D eigenvalue weighted by atomic mass is 10.1. The summed E-state index contributed by atoms with van der Waals surface area (Å²) >= 11 is 0. The quantitative estimate of drug-likeness (QED) is 0.497. The van der Waals surface area contributed by atoms with E-state index in [1.807, 2.05) is 6.92 Å². The lowest BCUT2D eigenvalue weighted by Gasteiger charge is -2.23. The molecule has 34 heavy (non-hydrogen) atoms. The highest BCUT2D eigenvalue weighted by Crippen LogP contribution is 2.22. The molecule has 1 aromatic heterocycles. The van der Waals surface area contributed by atoms with E-state index in [1.165, 1.54) is 18.3 Å². The average Bonchev–Trinajstić information content (AvgIpc) is 2.87. The number of carbonyl (C=O) groups is 2. The van der Waals surface area contributed by atoms with Crippen molar-refractivity contribution < 1.29 is 27.8 Å². The van der Waals surface area contributed by atoms with E-state index in [1.54, 1.807) is 26.3 Å². The molecule has 1 atom stereocenters. The van der Waals surface area contributed by atoms with Gasteiger partial charge in [0, 0.05) is 26.0 Å². The van der Waals surface area contributed by atoms with E-state index in [0.717, 1.165) is 56.8 Å². The van der Waals surface area contributed by atoms with Crippen LogP contribution in [0.3, 0.4) is 0 Å². The molecule has 2 heterocycles. The molecular weight excluding hydrogens is 446 g/mol. The van der Waals surface area contributed by atoms with Crippen LogP contribution < -0.4 is 21.1 Å². The van der Waals surface area contributed by atoms with Gasteiger partial charge in [0.1, 0.15) is 24.2 Å². The van der Waals surface area contributed by atoms with E-state index in [9.17, 15) is 18.4 Å². The fraction of sp³-hybridized carbons (Fsp3) is 0.458. The van der Waals surface area contributed by atoms with Crippen LogP contribution in [0.5, 0.6) is 5.75 Å². The van der Waals surface area contributed by atoms with Crippen LogP contribution in [0.15, 0.2) is 36.5 Å². The van der Waals surface area contributed by atoms with Crippen molar-refractivity contribution in [2.45, 2.75) is 44.8 Å². The molecule has 1 fully saturated rings. The first-order valence-electron chi connectivity index (χ1n) is 11.1. The molecule has 0 saturated carbocycles. The van der Waals surface area contributed by atoms with E-state index >= 15 is 0 Å². The predicted molar refractivity (Wildman–Crippen MR) is 127 cm³/mol. The lowest BCUT2D eigenvalue weighted by Crippen LogP contribution is -2.34. The Hall–Kier alpha value is -3.11. The number of aromatic nitrogens is 1. The maximum Gasteiger partial charge on any atom is 0.267 e. The summed E-state index contributed by atoms with van der Waals surface area (Å²) in [6.07, 6.45) is 5.67. The number of aldehydes is 1. The van der Waals surface area contributed by atoms with E-state index in [2.05, 4.69) is 15.6 Å². The smallest absolute Gasteiger partial charge is 0.267 e. The molecule has 0 radical (unpaired) electrons. The van der Waals surface area contributed by atoms with Crippen molar-refractivity contribution in [2.24, 2.45) is 5.73 Å². The maximum absolute atomic E-state index is 13.2. The number of carbonyl (C=O) groups excluding carboxylic acids is 2. The fourth-order valence-corrected chi connectivity index (χ4v) is 2.91. The van der Waals surface area contributed by atoms with Crippen molar-refractivity contribution in [1.82, 2.24) is 10.3 Å². The fourth-order valence-electron chi connectivity index (χ4n) is 2.91. The van der Waals surface area contributed by atoms with Crippen molar-refractivity contribution >= 4 is 17.9 Å². The zero-order chi connectivity index (χ0) is 25.3. The minimum atomic E-state index is -0.893. The van der Waals surface area contributed by atoms with Crippen molar-refractivity contribution in [1.29, 1.82) is 0 Å². The predicted octanol–water partition coefficient (Wildman–Crippen LogP) is 3.32. The van der Waals surface area contributed by atoms with Gasteiger partial charge in [-0.05, 0) is 56.6 Å². The van der Waals surface area contributed by atoms with Gasteiger partial charge < -0.3 is 30.6 Å². The van der Waals surface area contributed by atoms with Gasteiger partial charge in [0.2, 0.25) is 5.82 Å². The number of rotatable bonds is 8. The molecule has 1 aromatic carbocycles. The van der Waals surface area contributed by atoms with Crippen LogP contribution in [0.2, 0.25) is 0 Å². The van der Waals surface area contributed by atoms with Gasteiger partial charge in [-0.1, -0.05) is 19.4 Å². The number of pyridine rings is 1. The van der Waals surface area contributed by atoms with Gasteiger partial charge in [0.05, 0.1) is 0 Å². The van der Waals surface area contributed by atoms with Crippen molar-refractivity contribution in [3.8, 4) is 5.75 Å². The molecule has 188 valence electrons. The second kappa shape index (κ2) is 16.5. The minimum Gasteiger partial charge on any atom is -0.487 e. The molecule has 1 unspecified atom stereocenters. The molecule has 2 aromatic rings. The number of primary amides is 1. The summed E-state index contributed by atoms with van der Waals surface area (Å²) in [6, 6.07) is 7.36. The van der Waals surface area contributed by atoms with E-state index in [4.69, 9.17) is 15.2 Å². The number of hydrogen-bond donors (Lipinski definition) is 3. The molecule has 1 aliphatic rings. The molecule has 1 saturated heterocycles. The average molecular weight is 481 g/mol. The molecule has 8 nitrogen and oxygen atoms in total. The number of methoxy groups -OCH3 is 1. The number of nitrogens with zero attached hydrogens (tertiary/aromatic N) is 1. The topological polar surface area (TPSA) is 116 Å². The first-order chi connectivity index (χ1) is 16.4. The third-order valence-electron chi connectivity index (χ3n) is 4.82. The van der Waals surface area contributed by atoms with E-state index in [0.29, 0.717) is 0 Å². The van der Waals surface area contributed by atoms with Gasteiger partial charge in [-0.25, -0.2) is 4.39 Å². The Balaban J connectivity index is 0.000000270. The van der Waals surface area contributed by atoms with Crippen LogP contribution in [0.1, 0.15) is 43.1 Å².